The zero-order valence-electron chi connectivity index (χ0n) is 9.44. The molecule has 0 spiro atoms. The Hall–Kier alpha value is -0.930. The molecule has 1 atom stereocenters. The predicted molar refractivity (Wildman–Crippen MR) is 59.8 cm³/mol. The van der Waals surface area contributed by atoms with Crippen LogP contribution < -0.4 is 0 Å². The van der Waals surface area contributed by atoms with Gasteiger partial charge in [0.15, 0.2) is 0 Å². The molecule has 82 valence electrons. The van der Waals surface area contributed by atoms with E-state index in [4.69, 9.17) is 4.74 Å². The summed E-state index contributed by atoms with van der Waals surface area (Å²) < 4.78 is 5.35. The van der Waals surface area contributed by atoms with Crippen molar-refractivity contribution < 1.29 is 4.74 Å². The number of ether oxygens (including phenoxy) is 1. The molecular weight excluding hydrogens is 188 g/mol. The van der Waals surface area contributed by atoms with Crippen molar-refractivity contribution in [2.75, 3.05) is 26.3 Å². The summed E-state index contributed by atoms with van der Waals surface area (Å²) in [6, 6.07) is 4.69. The second-order valence-electron chi connectivity index (χ2n) is 4.06. The van der Waals surface area contributed by atoms with Crippen LogP contribution in [0.2, 0.25) is 0 Å². The summed E-state index contributed by atoms with van der Waals surface area (Å²) in [5.74, 6) is 0. The minimum atomic E-state index is 0.446. The first-order chi connectivity index (χ1) is 7.27. The second-order valence-corrected chi connectivity index (χ2v) is 4.06. The predicted octanol–water partition coefficient (Wildman–Crippen LogP) is 1.78. The van der Waals surface area contributed by atoms with Gasteiger partial charge < -0.3 is 4.74 Å². The van der Waals surface area contributed by atoms with Crippen molar-refractivity contribution in [1.82, 2.24) is 9.88 Å². The maximum Gasteiger partial charge on any atom is 0.0594 e. The van der Waals surface area contributed by atoms with Crippen LogP contribution in [-0.4, -0.2) is 36.2 Å². The molecule has 0 unspecified atom stereocenters. The topological polar surface area (TPSA) is 25.4 Å². The summed E-state index contributed by atoms with van der Waals surface area (Å²) in [4.78, 5) is 6.78. The fraction of sp³-hybridized carbons (Fsp3) is 0.583. The van der Waals surface area contributed by atoms with Crippen LogP contribution in [0.15, 0.2) is 18.3 Å². The van der Waals surface area contributed by atoms with Gasteiger partial charge in [-0.2, -0.15) is 0 Å². The van der Waals surface area contributed by atoms with E-state index >= 15 is 0 Å². The molecule has 1 fully saturated rings. The molecule has 0 bridgehead atoms. The molecule has 3 heteroatoms. The molecule has 0 aromatic carbocycles. The zero-order chi connectivity index (χ0) is 10.7. The molecule has 1 aromatic heterocycles. The number of morpholine rings is 1. The second kappa shape index (κ2) is 4.73. The van der Waals surface area contributed by atoms with Crippen LogP contribution >= 0.6 is 0 Å². The Bertz CT molecular complexity index is 304. The number of nitrogens with zero attached hydrogens (tertiary/aromatic N) is 2. The number of hydrogen-bond donors (Lipinski definition) is 0. The Labute approximate surface area is 91.1 Å². The highest BCUT2D eigenvalue weighted by molar-refractivity contribution is 5.16. The molecule has 15 heavy (non-hydrogen) atoms. The van der Waals surface area contributed by atoms with Gasteiger partial charge in [0.1, 0.15) is 0 Å². The van der Waals surface area contributed by atoms with Gasteiger partial charge in [-0.05, 0) is 25.5 Å². The normalized spacial score (nSPS) is 20.1. The van der Waals surface area contributed by atoms with Gasteiger partial charge in [-0.3, -0.25) is 9.88 Å². The van der Waals surface area contributed by atoms with Gasteiger partial charge in [-0.15, -0.1) is 0 Å². The molecule has 3 nitrogen and oxygen atoms in total. The minimum Gasteiger partial charge on any atom is -0.379 e. The third-order valence-corrected chi connectivity index (χ3v) is 3.01. The Morgan fingerprint density at radius 1 is 1.33 bits per heavy atom. The standard InChI is InChI=1S/C12H18N2O/c1-10-3-4-12(9-13-10)11(2)14-5-7-15-8-6-14/h3-4,9,11H,5-8H2,1-2H3/t11-/m1/s1. The lowest BCUT2D eigenvalue weighted by atomic mass is 10.1. The Balaban J connectivity index is 2.05. The van der Waals surface area contributed by atoms with E-state index in [0.29, 0.717) is 6.04 Å². The van der Waals surface area contributed by atoms with E-state index in [1.54, 1.807) is 0 Å². The van der Waals surface area contributed by atoms with Crippen LogP contribution in [0.4, 0.5) is 0 Å². The van der Waals surface area contributed by atoms with Crippen molar-refractivity contribution in [3.8, 4) is 0 Å². The largest absolute Gasteiger partial charge is 0.379 e. The highest BCUT2D eigenvalue weighted by Gasteiger charge is 2.18. The Morgan fingerprint density at radius 3 is 2.67 bits per heavy atom. The van der Waals surface area contributed by atoms with Crippen LogP contribution in [0.1, 0.15) is 24.2 Å². The van der Waals surface area contributed by atoms with Gasteiger partial charge in [-0.1, -0.05) is 6.07 Å². The molecule has 1 saturated heterocycles. The minimum absolute atomic E-state index is 0.446. The first-order valence-corrected chi connectivity index (χ1v) is 5.52. The van der Waals surface area contributed by atoms with E-state index in [9.17, 15) is 0 Å². The van der Waals surface area contributed by atoms with E-state index in [0.717, 1.165) is 32.0 Å². The summed E-state index contributed by atoms with van der Waals surface area (Å²) >= 11 is 0. The summed E-state index contributed by atoms with van der Waals surface area (Å²) in [6.07, 6.45) is 1.98. The average molecular weight is 206 g/mol. The van der Waals surface area contributed by atoms with Gasteiger partial charge in [0.25, 0.3) is 0 Å². The van der Waals surface area contributed by atoms with Gasteiger partial charge in [0.05, 0.1) is 13.2 Å². The Morgan fingerprint density at radius 2 is 2.07 bits per heavy atom. The number of hydrogen-bond acceptors (Lipinski definition) is 3. The lowest BCUT2D eigenvalue weighted by Gasteiger charge is -2.32. The van der Waals surface area contributed by atoms with Crippen LogP contribution in [0.3, 0.4) is 0 Å². The molecule has 2 rings (SSSR count). The molecule has 1 aliphatic heterocycles. The van der Waals surface area contributed by atoms with Crippen molar-refractivity contribution in [3.63, 3.8) is 0 Å². The van der Waals surface area contributed by atoms with Crippen LogP contribution in [0.5, 0.6) is 0 Å². The van der Waals surface area contributed by atoms with E-state index < -0.39 is 0 Å². The average Bonchev–Trinajstić information content (AvgIpc) is 2.30. The van der Waals surface area contributed by atoms with E-state index in [-0.39, 0.29) is 0 Å². The number of pyridine rings is 1. The highest BCUT2D eigenvalue weighted by Crippen LogP contribution is 2.20. The summed E-state index contributed by atoms with van der Waals surface area (Å²) in [5.41, 5.74) is 2.37. The van der Waals surface area contributed by atoms with Crippen molar-refractivity contribution in [1.29, 1.82) is 0 Å². The lowest BCUT2D eigenvalue weighted by Crippen LogP contribution is -2.38. The SMILES string of the molecule is Cc1ccc([C@@H](C)N2CCOCC2)cn1. The number of aromatic nitrogens is 1. The number of rotatable bonds is 2. The van der Waals surface area contributed by atoms with Crippen LogP contribution in [-0.2, 0) is 4.74 Å². The fourth-order valence-electron chi connectivity index (χ4n) is 1.90. The molecule has 0 aliphatic carbocycles. The number of aryl methyl sites for hydroxylation is 1. The summed E-state index contributed by atoms with van der Waals surface area (Å²) in [6.45, 7) is 8.00. The van der Waals surface area contributed by atoms with E-state index in [2.05, 4.69) is 28.9 Å². The zero-order valence-corrected chi connectivity index (χ0v) is 9.44. The van der Waals surface area contributed by atoms with Crippen molar-refractivity contribution in [2.24, 2.45) is 0 Å². The smallest absolute Gasteiger partial charge is 0.0594 e. The third kappa shape index (κ3) is 2.55. The lowest BCUT2D eigenvalue weighted by molar-refractivity contribution is 0.0198. The van der Waals surface area contributed by atoms with Gasteiger partial charge in [0.2, 0.25) is 0 Å². The molecule has 0 radical (unpaired) electrons. The molecule has 0 saturated carbocycles. The first kappa shape index (κ1) is 10.6. The molecule has 1 aliphatic rings. The van der Waals surface area contributed by atoms with Crippen molar-refractivity contribution >= 4 is 0 Å². The Kier molecular flexibility index (Phi) is 3.34. The first-order valence-electron chi connectivity index (χ1n) is 5.52. The molecule has 1 aromatic rings. The van der Waals surface area contributed by atoms with Gasteiger partial charge in [-0.25, -0.2) is 0 Å². The van der Waals surface area contributed by atoms with Crippen LogP contribution in [0.25, 0.3) is 0 Å². The van der Waals surface area contributed by atoms with Crippen molar-refractivity contribution in [3.05, 3.63) is 29.6 Å². The maximum absolute atomic E-state index is 5.35. The summed E-state index contributed by atoms with van der Waals surface area (Å²) in [7, 11) is 0. The van der Waals surface area contributed by atoms with Crippen molar-refractivity contribution in [2.45, 2.75) is 19.9 Å². The molecule has 0 amide bonds. The van der Waals surface area contributed by atoms with Gasteiger partial charge >= 0.3 is 0 Å². The molecular formula is C12H18N2O. The van der Waals surface area contributed by atoms with Gasteiger partial charge in [0, 0.05) is 31.0 Å². The maximum atomic E-state index is 5.35. The quantitative estimate of drug-likeness (QED) is 0.737. The third-order valence-electron chi connectivity index (χ3n) is 3.01. The molecule has 0 N–H and O–H groups in total. The van der Waals surface area contributed by atoms with Crippen LogP contribution in [0, 0.1) is 6.92 Å². The monoisotopic (exact) mass is 206 g/mol. The fourth-order valence-corrected chi connectivity index (χ4v) is 1.90. The van der Waals surface area contributed by atoms with E-state index in [1.807, 2.05) is 13.1 Å². The molecule has 2 heterocycles. The van der Waals surface area contributed by atoms with E-state index in [1.165, 1.54) is 5.56 Å². The summed E-state index contributed by atoms with van der Waals surface area (Å²) in [5, 5.41) is 0. The highest BCUT2D eigenvalue weighted by atomic mass is 16.5.